The van der Waals surface area contributed by atoms with Crippen LogP contribution in [-0.2, 0) is 33.0 Å². The van der Waals surface area contributed by atoms with Gasteiger partial charge in [0.15, 0.2) is 11.5 Å². The van der Waals surface area contributed by atoms with Crippen LogP contribution in [0.4, 0.5) is 10.6 Å². The molecule has 5 aliphatic rings. The van der Waals surface area contributed by atoms with E-state index in [9.17, 15) is 24.4 Å². The number of esters is 1. The molecule has 0 unspecified atom stereocenters. The molecule has 2 amide bonds. The lowest BCUT2D eigenvalue weighted by Crippen LogP contribution is -2.54. The molecule has 7 heterocycles. The number of carbonyl (C=O) groups is 3. The third kappa shape index (κ3) is 8.80. The third-order valence-electron chi connectivity index (χ3n) is 14.7. The van der Waals surface area contributed by atoms with Crippen molar-refractivity contribution in [2.24, 2.45) is 5.92 Å². The van der Waals surface area contributed by atoms with Crippen LogP contribution in [0, 0.1) is 24.2 Å². The smallest absolute Gasteiger partial charge is 0.411 e. The van der Waals surface area contributed by atoms with Crippen LogP contribution >= 0.6 is 11.6 Å². The highest BCUT2D eigenvalue weighted by atomic mass is 35.5. The molecule has 4 aliphatic heterocycles. The molecular formula is C51H54ClN9O8. The van der Waals surface area contributed by atoms with Crippen molar-refractivity contribution in [2.75, 3.05) is 57.8 Å². The van der Waals surface area contributed by atoms with Crippen LogP contribution < -0.4 is 25.2 Å². The van der Waals surface area contributed by atoms with Gasteiger partial charge in [-0.1, -0.05) is 18.5 Å². The van der Waals surface area contributed by atoms with Gasteiger partial charge in [-0.25, -0.2) is 14.6 Å². The molecule has 2 saturated heterocycles. The highest BCUT2D eigenvalue weighted by Gasteiger charge is 2.51. The monoisotopic (exact) mass is 955 g/mol. The standard InChI is InChI=1S/C51H54ClN9O8/c1-4-51(39-25-42-46-34(23-33-24-37(66-3)10-11-40(33)55-46)28-61(42)48(63)38(39)29-67-49(51)64)69-50(65)60-21-19-58(20-22-60)27-31-15-17-59(18-16-31)44-14-12-41(56-57-44)47(62)54-35-6-8-36(9-7-35)68-43-13-5-32(26-53)45(52)30(43)2/h5,10-14,23-25,31,35-36H,4,6-9,15-22,27-29H2,1-3H3,(H,54,62)/t35?,36?,51-/m0/s1. The van der Waals surface area contributed by atoms with E-state index < -0.39 is 17.7 Å². The van der Waals surface area contributed by atoms with Crippen LogP contribution in [-0.4, -0.2) is 113 Å². The first-order valence-corrected chi connectivity index (χ1v) is 24.2. The number of cyclic esters (lactones) is 1. The maximum absolute atomic E-state index is 14.0. The van der Waals surface area contributed by atoms with Crippen molar-refractivity contribution in [2.45, 2.75) is 89.7 Å². The number of piperazine rings is 1. The zero-order valence-corrected chi connectivity index (χ0v) is 39.7. The highest BCUT2D eigenvalue weighted by Crippen LogP contribution is 2.42. The number of halogens is 1. The van der Waals surface area contributed by atoms with Gasteiger partial charge in [-0.3, -0.25) is 14.5 Å². The van der Waals surface area contributed by atoms with Gasteiger partial charge in [0.05, 0.1) is 52.8 Å². The van der Waals surface area contributed by atoms with Gasteiger partial charge in [0.2, 0.25) is 5.60 Å². The molecule has 10 rings (SSSR count). The molecule has 1 aliphatic carbocycles. The molecule has 5 aromatic rings. The SMILES string of the molecule is CC[C@@]1(OC(=O)N2CCN(CC3CCN(c4ccc(C(=O)NC5CCC(Oc6ccc(C#N)c(Cl)c6C)CC5)nn4)CC3)CC2)C(=O)OCc2c1cc1n(c2=O)Cc2cc3cc(OC)ccc3nc2-1. The van der Waals surface area contributed by atoms with E-state index in [2.05, 4.69) is 31.4 Å². The normalized spacial score (nSPS) is 21.4. The van der Waals surface area contributed by atoms with Crippen LogP contribution in [0.25, 0.3) is 22.3 Å². The number of fused-ring (bicyclic) bond motifs is 5. The van der Waals surface area contributed by atoms with Crippen molar-refractivity contribution in [1.82, 2.24) is 34.9 Å². The maximum atomic E-state index is 14.0. The van der Waals surface area contributed by atoms with E-state index in [0.29, 0.717) is 83.2 Å². The molecule has 69 heavy (non-hydrogen) atoms. The molecule has 3 aromatic heterocycles. The number of aromatic nitrogens is 4. The summed E-state index contributed by atoms with van der Waals surface area (Å²) in [4.78, 5) is 65.9. The Morgan fingerprint density at radius 3 is 2.45 bits per heavy atom. The number of hydrogen-bond acceptors (Lipinski definition) is 14. The number of carbonyl (C=O) groups excluding carboxylic acids is 3. The van der Waals surface area contributed by atoms with E-state index in [1.54, 1.807) is 47.8 Å². The summed E-state index contributed by atoms with van der Waals surface area (Å²) in [6, 6.07) is 18.6. The predicted molar refractivity (Wildman–Crippen MR) is 255 cm³/mol. The molecule has 3 fully saturated rings. The summed E-state index contributed by atoms with van der Waals surface area (Å²) in [5.74, 6) is 1.66. The van der Waals surface area contributed by atoms with Crippen molar-refractivity contribution in [3.05, 3.63) is 103 Å². The Balaban J connectivity index is 0.693. The number of nitriles is 1. The van der Waals surface area contributed by atoms with Crippen LogP contribution in [0.1, 0.15) is 90.2 Å². The minimum absolute atomic E-state index is 0.000122. The number of nitrogens with zero attached hydrogens (tertiary/aromatic N) is 8. The Morgan fingerprint density at radius 1 is 0.957 bits per heavy atom. The zero-order chi connectivity index (χ0) is 48.0. The quantitative estimate of drug-likeness (QED) is 0.146. The number of anilines is 1. The van der Waals surface area contributed by atoms with E-state index in [1.807, 2.05) is 37.3 Å². The summed E-state index contributed by atoms with van der Waals surface area (Å²) in [6.45, 7) is 8.43. The van der Waals surface area contributed by atoms with E-state index in [0.717, 1.165) is 86.0 Å². The summed E-state index contributed by atoms with van der Waals surface area (Å²) in [5, 5.41) is 22.4. The van der Waals surface area contributed by atoms with E-state index in [4.69, 9.17) is 35.5 Å². The number of pyridine rings is 2. The minimum atomic E-state index is -1.78. The first kappa shape index (κ1) is 46.0. The third-order valence-corrected chi connectivity index (χ3v) is 15.2. The molecule has 1 saturated carbocycles. The topological polar surface area (TPSA) is 194 Å². The predicted octanol–water partition coefficient (Wildman–Crippen LogP) is 6.51. The van der Waals surface area contributed by atoms with Crippen molar-refractivity contribution in [1.29, 1.82) is 5.26 Å². The van der Waals surface area contributed by atoms with Gasteiger partial charge in [0, 0.05) is 73.9 Å². The average molecular weight is 957 g/mol. The lowest BCUT2D eigenvalue weighted by atomic mass is 9.85. The van der Waals surface area contributed by atoms with Crippen LogP contribution in [0.2, 0.25) is 5.02 Å². The molecule has 0 spiro atoms. The average Bonchev–Trinajstić information content (AvgIpc) is 3.73. The number of amides is 2. The molecule has 1 N–H and O–H groups in total. The van der Waals surface area contributed by atoms with Crippen LogP contribution in [0.15, 0.2) is 59.4 Å². The van der Waals surface area contributed by atoms with Crippen molar-refractivity contribution < 1.29 is 33.3 Å². The second-order valence-corrected chi connectivity index (χ2v) is 19.1. The molecule has 0 bridgehead atoms. The number of ether oxygens (including phenoxy) is 4. The second-order valence-electron chi connectivity index (χ2n) is 18.7. The molecule has 18 heteroatoms. The van der Waals surface area contributed by atoms with Crippen LogP contribution in [0.5, 0.6) is 11.5 Å². The first-order chi connectivity index (χ1) is 33.4. The number of piperidine rings is 1. The summed E-state index contributed by atoms with van der Waals surface area (Å²) < 4.78 is 25.0. The Morgan fingerprint density at radius 2 is 1.74 bits per heavy atom. The highest BCUT2D eigenvalue weighted by molar-refractivity contribution is 6.32. The molecule has 0 radical (unpaired) electrons. The fraction of sp³-hybridized carbons (Fsp3) is 0.451. The molecule has 17 nitrogen and oxygen atoms in total. The molecular weight excluding hydrogens is 902 g/mol. The summed E-state index contributed by atoms with van der Waals surface area (Å²) in [5.41, 5.74) is 2.87. The number of benzene rings is 2. The Labute approximate surface area is 404 Å². The van der Waals surface area contributed by atoms with Gasteiger partial charge in [-0.15, -0.1) is 10.2 Å². The van der Waals surface area contributed by atoms with Gasteiger partial charge in [-0.05, 0) is 112 Å². The van der Waals surface area contributed by atoms with Gasteiger partial charge >= 0.3 is 12.1 Å². The summed E-state index contributed by atoms with van der Waals surface area (Å²) in [6.07, 6.45) is 4.50. The largest absolute Gasteiger partial charge is 0.497 e. The second kappa shape index (κ2) is 19.0. The maximum Gasteiger partial charge on any atom is 0.411 e. The lowest BCUT2D eigenvalue weighted by molar-refractivity contribution is -0.173. The van der Waals surface area contributed by atoms with Gasteiger partial charge < -0.3 is 38.6 Å². The lowest BCUT2D eigenvalue weighted by Gasteiger charge is -2.40. The Bertz CT molecular complexity index is 2930. The number of methoxy groups -OCH3 is 1. The van der Waals surface area contributed by atoms with Gasteiger partial charge in [0.1, 0.15) is 24.2 Å². The summed E-state index contributed by atoms with van der Waals surface area (Å²) in [7, 11) is 1.61. The fourth-order valence-electron chi connectivity index (χ4n) is 10.5. The van der Waals surface area contributed by atoms with E-state index >= 15 is 0 Å². The first-order valence-electron chi connectivity index (χ1n) is 23.8. The number of hydrogen-bond donors (Lipinski definition) is 1. The fourth-order valence-corrected chi connectivity index (χ4v) is 10.7. The van der Waals surface area contributed by atoms with Crippen LogP contribution in [0.3, 0.4) is 0 Å². The van der Waals surface area contributed by atoms with E-state index in [-0.39, 0.29) is 42.3 Å². The van der Waals surface area contributed by atoms with Crippen molar-refractivity contribution in [3.8, 4) is 29.0 Å². The van der Waals surface area contributed by atoms with E-state index in [1.165, 1.54) is 0 Å². The van der Waals surface area contributed by atoms with Crippen molar-refractivity contribution >= 4 is 46.3 Å². The summed E-state index contributed by atoms with van der Waals surface area (Å²) >= 11 is 6.33. The van der Waals surface area contributed by atoms with Gasteiger partial charge in [-0.2, -0.15) is 5.26 Å². The zero-order valence-electron chi connectivity index (χ0n) is 39.0. The Hall–Kier alpha value is -6.77. The molecule has 358 valence electrons. The number of nitrogens with one attached hydrogen (secondary N) is 1. The minimum Gasteiger partial charge on any atom is -0.497 e. The van der Waals surface area contributed by atoms with Gasteiger partial charge in [0.25, 0.3) is 11.5 Å². The number of rotatable bonds is 10. The molecule has 1 atom stereocenters. The Kier molecular flexibility index (Phi) is 12.6. The van der Waals surface area contributed by atoms with Crippen molar-refractivity contribution in [3.63, 3.8) is 0 Å². The molecule has 2 aromatic carbocycles.